The lowest BCUT2D eigenvalue weighted by Crippen LogP contribution is -2.42. The summed E-state index contributed by atoms with van der Waals surface area (Å²) in [5, 5.41) is 6.36. The number of carbonyl (C=O) groups is 3. The van der Waals surface area contributed by atoms with Crippen LogP contribution in [0.2, 0.25) is 5.02 Å². The molecule has 7 nitrogen and oxygen atoms in total. The minimum absolute atomic E-state index is 0.00908. The molecule has 2 aliphatic carbocycles. The number of ether oxygens (including phenoxy) is 2. The Morgan fingerprint density at radius 3 is 2.07 bits per heavy atom. The number of Topliss-reactive ketones (excluding diaryl/α,β-unsaturated/α-hetero) is 2. The summed E-state index contributed by atoms with van der Waals surface area (Å²) < 4.78 is 24.9. The van der Waals surface area contributed by atoms with Crippen molar-refractivity contribution in [2.75, 3.05) is 18.5 Å². The van der Waals surface area contributed by atoms with Crippen LogP contribution in [0.25, 0.3) is 0 Å². The van der Waals surface area contributed by atoms with Crippen molar-refractivity contribution in [1.29, 1.82) is 0 Å². The zero-order valence-electron chi connectivity index (χ0n) is 24.6. The molecule has 1 heterocycles. The first-order chi connectivity index (χ1) is 19.8. The van der Waals surface area contributed by atoms with E-state index in [0.29, 0.717) is 60.4 Å². The molecule has 1 amide bonds. The van der Waals surface area contributed by atoms with E-state index in [-0.39, 0.29) is 39.8 Å². The van der Waals surface area contributed by atoms with Gasteiger partial charge >= 0.3 is 0 Å². The second-order valence-electron chi connectivity index (χ2n) is 12.8. The molecule has 1 aliphatic heterocycles. The second-order valence-corrected chi connectivity index (χ2v) is 13.2. The lowest BCUT2D eigenvalue weighted by Gasteiger charge is -2.44. The second kappa shape index (κ2) is 11.2. The molecule has 0 spiro atoms. The quantitative estimate of drug-likeness (QED) is 0.363. The smallest absolute Gasteiger partial charge is 0.262 e. The molecule has 222 valence electrons. The van der Waals surface area contributed by atoms with Gasteiger partial charge in [-0.15, -0.1) is 0 Å². The first kappa shape index (κ1) is 29.8. The minimum atomic E-state index is -0.587. The molecule has 3 aliphatic rings. The zero-order chi connectivity index (χ0) is 30.4. The van der Waals surface area contributed by atoms with Crippen molar-refractivity contribution >= 4 is 34.8 Å². The largest absolute Gasteiger partial charge is 0.490 e. The summed E-state index contributed by atoms with van der Waals surface area (Å²) in [6, 6.07) is 8.85. The highest BCUT2D eigenvalue weighted by molar-refractivity contribution is 6.32. The van der Waals surface area contributed by atoms with Crippen LogP contribution in [0.4, 0.5) is 10.1 Å². The number of amides is 1. The summed E-state index contributed by atoms with van der Waals surface area (Å²) in [4.78, 5) is 39.9. The van der Waals surface area contributed by atoms with E-state index in [0.717, 1.165) is 11.4 Å². The van der Waals surface area contributed by atoms with Gasteiger partial charge in [0.2, 0.25) is 0 Å². The van der Waals surface area contributed by atoms with E-state index in [1.165, 1.54) is 24.3 Å². The van der Waals surface area contributed by atoms with Crippen molar-refractivity contribution in [3.05, 3.63) is 75.3 Å². The summed E-state index contributed by atoms with van der Waals surface area (Å²) in [6.07, 6.45) is 2.13. The van der Waals surface area contributed by atoms with Gasteiger partial charge in [0.25, 0.3) is 5.91 Å². The van der Waals surface area contributed by atoms with Gasteiger partial charge in [-0.3, -0.25) is 14.4 Å². The maximum absolute atomic E-state index is 13.7. The van der Waals surface area contributed by atoms with Crippen molar-refractivity contribution in [3.8, 4) is 11.5 Å². The van der Waals surface area contributed by atoms with E-state index in [1.54, 1.807) is 12.1 Å². The molecule has 2 aromatic carbocycles. The number of halogens is 2. The fourth-order valence-electron chi connectivity index (χ4n) is 6.25. The SMILES string of the molecule is CCOc1cc(C2C3=C(CC(C)(C)CC3=O)NC3=C2C(=O)CC(C)(C)C3)cc(Cl)c1OCC(=O)Nc1ccc(F)cc1. The third-order valence-electron chi connectivity index (χ3n) is 7.86. The van der Waals surface area contributed by atoms with Crippen LogP contribution in [0.5, 0.6) is 11.5 Å². The number of dihydropyridines is 1. The average Bonchev–Trinajstić information content (AvgIpc) is 2.87. The number of hydrogen-bond donors (Lipinski definition) is 2. The fraction of sp³-hybridized carbons (Fsp3) is 0.424. The highest BCUT2D eigenvalue weighted by Crippen LogP contribution is 2.52. The molecule has 5 rings (SSSR count). The lowest BCUT2D eigenvalue weighted by atomic mass is 9.64. The summed E-state index contributed by atoms with van der Waals surface area (Å²) >= 11 is 6.77. The molecular weight excluding hydrogens is 559 g/mol. The first-order valence-corrected chi connectivity index (χ1v) is 14.6. The van der Waals surface area contributed by atoms with Gasteiger partial charge in [-0.25, -0.2) is 4.39 Å². The van der Waals surface area contributed by atoms with Crippen LogP contribution in [0.15, 0.2) is 58.9 Å². The zero-order valence-corrected chi connectivity index (χ0v) is 25.3. The number of allylic oxidation sites excluding steroid dienone is 4. The van der Waals surface area contributed by atoms with E-state index < -0.39 is 17.6 Å². The Morgan fingerprint density at radius 1 is 0.952 bits per heavy atom. The monoisotopic (exact) mass is 594 g/mol. The topological polar surface area (TPSA) is 93.7 Å². The van der Waals surface area contributed by atoms with Crippen LogP contribution in [0.1, 0.15) is 71.8 Å². The molecule has 0 saturated carbocycles. The minimum Gasteiger partial charge on any atom is -0.490 e. The van der Waals surface area contributed by atoms with Crippen molar-refractivity contribution in [3.63, 3.8) is 0 Å². The van der Waals surface area contributed by atoms with Crippen molar-refractivity contribution in [2.24, 2.45) is 10.8 Å². The van der Waals surface area contributed by atoms with Crippen LogP contribution in [0, 0.1) is 16.6 Å². The molecule has 0 atom stereocenters. The van der Waals surface area contributed by atoms with Gasteiger partial charge in [-0.05, 0) is 72.6 Å². The van der Waals surface area contributed by atoms with Gasteiger partial charge < -0.3 is 20.1 Å². The number of ketones is 2. The van der Waals surface area contributed by atoms with Crippen LogP contribution in [0.3, 0.4) is 0 Å². The van der Waals surface area contributed by atoms with E-state index in [9.17, 15) is 18.8 Å². The standard InChI is InChI=1S/C33H36ClFN2O5/c1-6-41-26-12-18(11-21(34)31(26)42-17-27(40)36-20-9-7-19(35)8-10-20)28-29-22(13-32(2,3)15-24(29)38)37-23-14-33(4,5)16-25(39)30(23)28/h7-12,28,37H,6,13-17H2,1-5H3,(H,36,40). The predicted octanol–water partition coefficient (Wildman–Crippen LogP) is 6.87. The van der Waals surface area contributed by atoms with Gasteiger partial charge in [0, 0.05) is 47.0 Å². The Morgan fingerprint density at radius 2 is 1.52 bits per heavy atom. The normalized spacial score (nSPS) is 19.6. The lowest BCUT2D eigenvalue weighted by molar-refractivity contribution is -0.119. The number of carbonyl (C=O) groups excluding carboxylic acids is 3. The maximum atomic E-state index is 13.7. The molecule has 0 bridgehead atoms. The third kappa shape index (κ3) is 6.09. The summed E-state index contributed by atoms with van der Waals surface area (Å²) in [6.45, 7) is 10.1. The molecule has 2 aromatic rings. The number of benzene rings is 2. The molecule has 0 saturated heterocycles. The van der Waals surface area contributed by atoms with Gasteiger partial charge in [0.1, 0.15) is 5.82 Å². The highest BCUT2D eigenvalue weighted by Gasteiger charge is 2.46. The molecule has 0 unspecified atom stereocenters. The van der Waals surface area contributed by atoms with E-state index in [2.05, 4.69) is 38.3 Å². The number of rotatable bonds is 7. The summed E-state index contributed by atoms with van der Waals surface area (Å²) in [5.74, 6) is -0.946. The molecule has 0 aromatic heterocycles. The third-order valence-corrected chi connectivity index (χ3v) is 8.14. The summed E-state index contributed by atoms with van der Waals surface area (Å²) in [5.41, 5.74) is 3.60. The predicted molar refractivity (Wildman–Crippen MR) is 159 cm³/mol. The molecule has 0 fully saturated rings. The Bertz CT molecular complexity index is 1470. The van der Waals surface area contributed by atoms with Crippen LogP contribution < -0.4 is 20.1 Å². The summed E-state index contributed by atoms with van der Waals surface area (Å²) in [7, 11) is 0. The number of hydrogen-bond acceptors (Lipinski definition) is 6. The fourth-order valence-corrected chi connectivity index (χ4v) is 6.52. The maximum Gasteiger partial charge on any atom is 0.262 e. The van der Waals surface area contributed by atoms with Gasteiger partial charge in [-0.2, -0.15) is 0 Å². The Labute approximate surface area is 250 Å². The molecule has 0 radical (unpaired) electrons. The first-order valence-electron chi connectivity index (χ1n) is 14.2. The Hall–Kier alpha value is -3.65. The van der Waals surface area contributed by atoms with Crippen molar-refractivity contribution in [2.45, 2.75) is 66.2 Å². The van der Waals surface area contributed by atoms with E-state index in [1.807, 2.05) is 6.92 Å². The Balaban J connectivity index is 1.52. The highest BCUT2D eigenvalue weighted by atomic mass is 35.5. The Kier molecular flexibility index (Phi) is 7.96. The number of nitrogens with one attached hydrogen (secondary N) is 2. The van der Waals surface area contributed by atoms with E-state index in [4.69, 9.17) is 21.1 Å². The van der Waals surface area contributed by atoms with Gasteiger partial charge in [0.15, 0.2) is 29.7 Å². The van der Waals surface area contributed by atoms with Gasteiger partial charge in [-0.1, -0.05) is 39.3 Å². The van der Waals surface area contributed by atoms with Crippen LogP contribution in [-0.4, -0.2) is 30.7 Å². The van der Waals surface area contributed by atoms with Crippen LogP contribution in [-0.2, 0) is 14.4 Å². The number of anilines is 1. The van der Waals surface area contributed by atoms with Crippen molar-refractivity contribution in [1.82, 2.24) is 5.32 Å². The van der Waals surface area contributed by atoms with Gasteiger partial charge in [0.05, 0.1) is 11.6 Å². The van der Waals surface area contributed by atoms with E-state index >= 15 is 0 Å². The molecule has 2 N–H and O–H groups in total. The van der Waals surface area contributed by atoms with Crippen molar-refractivity contribution < 1.29 is 28.2 Å². The molecule has 42 heavy (non-hydrogen) atoms. The van der Waals surface area contributed by atoms with Crippen LogP contribution >= 0.6 is 11.6 Å². The average molecular weight is 595 g/mol. The molecular formula is C33H36ClFN2O5. The molecule has 9 heteroatoms.